The fourth-order valence-electron chi connectivity index (χ4n) is 1.71. The lowest BCUT2D eigenvalue weighted by Gasteiger charge is -1.98. The van der Waals surface area contributed by atoms with Gasteiger partial charge in [-0.25, -0.2) is 4.98 Å². The summed E-state index contributed by atoms with van der Waals surface area (Å²) in [5.74, 6) is 0. The fraction of sp³-hybridized carbons (Fsp3) is 0.214. The Morgan fingerprint density at radius 2 is 2.06 bits per heavy atom. The second kappa shape index (κ2) is 5.23. The van der Waals surface area contributed by atoms with E-state index in [0.717, 1.165) is 22.8 Å². The van der Waals surface area contributed by atoms with Crippen molar-refractivity contribution in [3.05, 3.63) is 42.6 Å². The summed E-state index contributed by atoms with van der Waals surface area (Å²) in [5, 5.41) is 0.967. The van der Waals surface area contributed by atoms with Crippen molar-refractivity contribution in [3.63, 3.8) is 0 Å². The minimum Gasteiger partial charge on any atom is -0.302 e. The molecule has 0 fully saturated rings. The van der Waals surface area contributed by atoms with Gasteiger partial charge in [0.1, 0.15) is 0 Å². The summed E-state index contributed by atoms with van der Waals surface area (Å²) in [4.78, 5) is 4.58. The first-order valence-corrected chi connectivity index (χ1v) is 6.85. The summed E-state index contributed by atoms with van der Waals surface area (Å²) in [7, 11) is 0. The standard InChI is InChI=1S/C14H16N2S/c1-4-11-6-8-12(9-7-11)13-10-16(5-2)14(15-13)17-3/h5-10H,2,4H2,1,3H3. The van der Waals surface area contributed by atoms with Crippen molar-refractivity contribution in [2.75, 3.05) is 6.26 Å². The first-order chi connectivity index (χ1) is 8.28. The van der Waals surface area contributed by atoms with Crippen molar-refractivity contribution in [1.29, 1.82) is 0 Å². The van der Waals surface area contributed by atoms with Crippen LogP contribution in [0.15, 0.2) is 42.2 Å². The second-order valence-corrected chi connectivity index (χ2v) is 4.53. The maximum absolute atomic E-state index is 4.58. The van der Waals surface area contributed by atoms with Crippen molar-refractivity contribution >= 4 is 18.0 Å². The van der Waals surface area contributed by atoms with E-state index in [0.29, 0.717) is 0 Å². The van der Waals surface area contributed by atoms with E-state index in [2.05, 4.69) is 42.8 Å². The van der Waals surface area contributed by atoms with Gasteiger partial charge in [0, 0.05) is 18.0 Å². The van der Waals surface area contributed by atoms with E-state index in [1.807, 2.05) is 17.0 Å². The van der Waals surface area contributed by atoms with Crippen LogP contribution in [0.5, 0.6) is 0 Å². The Balaban J connectivity index is 2.38. The van der Waals surface area contributed by atoms with Gasteiger partial charge in [-0.15, -0.1) is 0 Å². The highest BCUT2D eigenvalue weighted by Gasteiger charge is 2.06. The average molecular weight is 244 g/mol. The second-order valence-electron chi connectivity index (χ2n) is 3.75. The third-order valence-corrected chi connectivity index (χ3v) is 3.40. The average Bonchev–Trinajstić information content (AvgIpc) is 2.82. The van der Waals surface area contributed by atoms with Gasteiger partial charge in [0.25, 0.3) is 0 Å². The van der Waals surface area contributed by atoms with Gasteiger partial charge >= 0.3 is 0 Å². The van der Waals surface area contributed by atoms with Crippen LogP contribution in [0.2, 0.25) is 0 Å². The van der Waals surface area contributed by atoms with Crippen LogP contribution in [0.25, 0.3) is 17.5 Å². The molecule has 17 heavy (non-hydrogen) atoms. The predicted octanol–water partition coefficient (Wildman–Crippen LogP) is 3.93. The molecule has 0 unspecified atom stereocenters. The van der Waals surface area contributed by atoms with E-state index in [4.69, 9.17) is 0 Å². The molecule has 0 spiro atoms. The van der Waals surface area contributed by atoms with Crippen molar-refractivity contribution in [1.82, 2.24) is 9.55 Å². The molecule has 0 aliphatic rings. The van der Waals surface area contributed by atoms with Crippen LogP contribution in [0.3, 0.4) is 0 Å². The molecular formula is C14H16N2S. The summed E-state index contributed by atoms with van der Waals surface area (Å²) in [6.45, 7) is 5.94. The van der Waals surface area contributed by atoms with E-state index < -0.39 is 0 Å². The van der Waals surface area contributed by atoms with Crippen LogP contribution in [0, 0.1) is 0 Å². The van der Waals surface area contributed by atoms with E-state index in [1.165, 1.54) is 5.56 Å². The number of hydrogen-bond donors (Lipinski definition) is 0. The SMILES string of the molecule is C=Cn1cc(-c2ccc(CC)cc2)nc1SC. The molecule has 0 radical (unpaired) electrons. The number of thioether (sulfide) groups is 1. The number of imidazole rings is 1. The summed E-state index contributed by atoms with van der Waals surface area (Å²) >= 11 is 1.62. The Morgan fingerprint density at radius 1 is 1.35 bits per heavy atom. The van der Waals surface area contributed by atoms with Gasteiger partial charge in [-0.2, -0.15) is 0 Å². The molecule has 0 bridgehead atoms. The van der Waals surface area contributed by atoms with Crippen molar-refractivity contribution in [2.45, 2.75) is 18.5 Å². The molecule has 0 amide bonds. The third-order valence-electron chi connectivity index (χ3n) is 2.74. The van der Waals surface area contributed by atoms with Gasteiger partial charge in [0.2, 0.25) is 0 Å². The molecule has 0 aliphatic carbocycles. The summed E-state index contributed by atoms with van der Waals surface area (Å²) in [5.41, 5.74) is 3.50. The fourth-order valence-corrected chi connectivity index (χ4v) is 2.24. The molecule has 0 atom stereocenters. The van der Waals surface area contributed by atoms with Gasteiger partial charge in [-0.1, -0.05) is 49.5 Å². The zero-order valence-corrected chi connectivity index (χ0v) is 11.0. The smallest absolute Gasteiger partial charge is 0.172 e. The Bertz CT molecular complexity index is 512. The van der Waals surface area contributed by atoms with Gasteiger partial charge < -0.3 is 4.57 Å². The monoisotopic (exact) mass is 244 g/mol. The molecule has 2 aromatic rings. The molecule has 0 saturated carbocycles. The van der Waals surface area contributed by atoms with Gasteiger partial charge in [-0.05, 0) is 18.2 Å². The topological polar surface area (TPSA) is 17.8 Å². The molecule has 0 saturated heterocycles. The van der Waals surface area contributed by atoms with E-state index >= 15 is 0 Å². The summed E-state index contributed by atoms with van der Waals surface area (Å²) < 4.78 is 1.95. The van der Waals surface area contributed by atoms with Crippen LogP contribution >= 0.6 is 11.8 Å². The Labute approximate surface area is 106 Å². The van der Waals surface area contributed by atoms with E-state index in [-0.39, 0.29) is 0 Å². The highest BCUT2D eigenvalue weighted by Crippen LogP contribution is 2.23. The predicted molar refractivity (Wildman–Crippen MR) is 75.2 cm³/mol. The van der Waals surface area contributed by atoms with Crippen LogP contribution in [0.1, 0.15) is 12.5 Å². The van der Waals surface area contributed by atoms with Crippen molar-refractivity contribution in [2.24, 2.45) is 0 Å². The maximum Gasteiger partial charge on any atom is 0.172 e. The number of aryl methyl sites for hydroxylation is 1. The molecule has 3 heteroatoms. The lowest BCUT2D eigenvalue weighted by Crippen LogP contribution is -1.83. The highest BCUT2D eigenvalue weighted by atomic mass is 32.2. The Hall–Kier alpha value is -1.48. The van der Waals surface area contributed by atoms with Gasteiger partial charge in [0.15, 0.2) is 5.16 Å². The third kappa shape index (κ3) is 2.44. The van der Waals surface area contributed by atoms with Gasteiger partial charge in [0.05, 0.1) is 5.69 Å². The normalized spacial score (nSPS) is 10.5. The number of aromatic nitrogens is 2. The van der Waals surface area contributed by atoms with Crippen LogP contribution in [-0.4, -0.2) is 15.8 Å². The summed E-state index contributed by atoms with van der Waals surface area (Å²) in [6.07, 6.45) is 6.88. The Kier molecular flexibility index (Phi) is 3.69. The van der Waals surface area contributed by atoms with E-state index in [1.54, 1.807) is 18.0 Å². The quantitative estimate of drug-likeness (QED) is 0.758. The van der Waals surface area contributed by atoms with Gasteiger partial charge in [-0.3, -0.25) is 0 Å². The zero-order valence-electron chi connectivity index (χ0n) is 10.2. The van der Waals surface area contributed by atoms with Crippen LogP contribution in [0.4, 0.5) is 0 Å². The molecule has 1 aromatic carbocycles. The van der Waals surface area contributed by atoms with Crippen LogP contribution in [-0.2, 0) is 6.42 Å². The minimum absolute atomic E-state index is 0.967. The molecule has 2 nitrogen and oxygen atoms in total. The largest absolute Gasteiger partial charge is 0.302 e. The lowest BCUT2D eigenvalue weighted by atomic mass is 10.1. The first kappa shape index (κ1) is 12.0. The number of hydrogen-bond acceptors (Lipinski definition) is 2. The summed E-state index contributed by atoms with van der Waals surface area (Å²) in [6, 6.07) is 8.56. The molecule has 0 N–H and O–H groups in total. The lowest BCUT2D eigenvalue weighted by molar-refractivity contribution is 0.948. The first-order valence-electron chi connectivity index (χ1n) is 5.63. The van der Waals surface area contributed by atoms with E-state index in [9.17, 15) is 0 Å². The number of nitrogens with zero attached hydrogens (tertiary/aromatic N) is 2. The highest BCUT2D eigenvalue weighted by molar-refractivity contribution is 7.98. The molecule has 1 heterocycles. The van der Waals surface area contributed by atoms with Crippen LogP contribution < -0.4 is 0 Å². The molecule has 1 aromatic heterocycles. The number of rotatable bonds is 4. The van der Waals surface area contributed by atoms with Crippen molar-refractivity contribution in [3.8, 4) is 11.3 Å². The molecule has 0 aliphatic heterocycles. The maximum atomic E-state index is 4.58. The van der Waals surface area contributed by atoms with Crippen molar-refractivity contribution < 1.29 is 0 Å². The zero-order chi connectivity index (χ0) is 12.3. The Morgan fingerprint density at radius 3 is 2.53 bits per heavy atom. The number of benzene rings is 1. The minimum atomic E-state index is 0.967. The molecule has 88 valence electrons. The molecule has 2 rings (SSSR count). The molecular weight excluding hydrogens is 228 g/mol.